The highest BCUT2D eigenvalue weighted by Crippen LogP contribution is 2.36. The van der Waals surface area contributed by atoms with E-state index in [2.05, 4.69) is 0 Å². The number of hydrogen-bond donors (Lipinski definition) is 0. The monoisotopic (exact) mass is 470 g/mol. The van der Waals surface area contributed by atoms with Crippen LogP contribution in [0, 0.1) is 6.92 Å². The van der Waals surface area contributed by atoms with E-state index in [9.17, 15) is 9.59 Å². The van der Waals surface area contributed by atoms with Crippen LogP contribution in [0.4, 0.5) is 0 Å². The van der Waals surface area contributed by atoms with Crippen molar-refractivity contribution in [1.82, 2.24) is 0 Å². The van der Waals surface area contributed by atoms with E-state index in [1.807, 2.05) is 19.1 Å². The molecule has 0 N–H and O–H groups in total. The molecule has 35 heavy (non-hydrogen) atoms. The second-order valence-corrected chi connectivity index (χ2v) is 7.88. The first-order chi connectivity index (χ1) is 17.0. The number of rotatable bonds is 6. The highest BCUT2D eigenvalue weighted by atomic mass is 16.5. The zero-order valence-electron chi connectivity index (χ0n) is 19.4. The van der Waals surface area contributed by atoms with Gasteiger partial charge in [-0.1, -0.05) is 12.1 Å². The van der Waals surface area contributed by atoms with Gasteiger partial charge in [-0.3, -0.25) is 4.79 Å². The van der Waals surface area contributed by atoms with E-state index in [-0.39, 0.29) is 17.3 Å². The third-order valence-corrected chi connectivity index (χ3v) is 5.62. The molecule has 5 rings (SSSR count). The van der Waals surface area contributed by atoms with Crippen molar-refractivity contribution in [3.05, 3.63) is 88.9 Å². The van der Waals surface area contributed by atoms with Crippen molar-refractivity contribution in [3.8, 4) is 23.0 Å². The van der Waals surface area contributed by atoms with Gasteiger partial charge in [0.25, 0.3) is 0 Å². The van der Waals surface area contributed by atoms with E-state index in [0.29, 0.717) is 46.0 Å². The average Bonchev–Trinajstić information content (AvgIpc) is 3.34. The van der Waals surface area contributed by atoms with Gasteiger partial charge >= 0.3 is 5.97 Å². The maximum atomic E-state index is 13.0. The molecule has 0 saturated carbocycles. The summed E-state index contributed by atoms with van der Waals surface area (Å²) in [5.41, 5.74) is 2.08. The van der Waals surface area contributed by atoms with Crippen LogP contribution in [-0.4, -0.2) is 25.5 Å². The summed E-state index contributed by atoms with van der Waals surface area (Å²) >= 11 is 0. The third-order valence-electron chi connectivity index (χ3n) is 5.62. The molecule has 0 fully saturated rings. The Morgan fingerprint density at radius 3 is 2.46 bits per heavy atom. The van der Waals surface area contributed by atoms with Crippen molar-refractivity contribution in [3.63, 3.8) is 0 Å². The van der Waals surface area contributed by atoms with Gasteiger partial charge in [-0.05, 0) is 68.0 Å². The van der Waals surface area contributed by atoms with Crippen molar-refractivity contribution in [2.45, 2.75) is 13.8 Å². The van der Waals surface area contributed by atoms with Crippen LogP contribution in [0.25, 0.3) is 17.0 Å². The van der Waals surface area contributed by atoms with Crippen LogP contribution in [0.1, 0.15) is 39.0 Å². The van der Waals surface area contributed by atoms with Crippen LogP contribution in [0.2, 0.25) is 0 Å². The topological polar surface area (TPSA) is 84.2 Å². The molecule has 1 aliphatic rings. The van der Waals surface area contributed by atoms with Crippen LogP contribution >= 0.6 is 0 Å². The van der Waals surface area contributed by atoms with Crippen LogP contribution < -0.4 is 18.9 Å². The zero-order chi connectivity index (χ0) is 24.5. The second kappa shape index (κ2) is 9.02. The molecule has 0 aliphatic carbocycles. The summed E-state index contributed by atoms with van der Waals surface area (Å²) in [5.74, 6) is 1.74. The van der Waals surface area contributed by atoms with E-state index in [4.69, 9.17) is 23.4 Å². The number of aryl methyl sites for hydroxylation is 1. The Kier molecular flexibility index (Phi) is 5.74. The quantitative estimate of drug-likeness (QED) is 0.195. The normalized spacial score (nSPS) is 13.6. The first-order valence-electron chi connectivity index (χ1n) is 11.1. The SMILES string of the molecule is CCOc1ccc2oc(C)c(C(=O)Oc3ccc4c(c3)O/C(=C\c3ccc(OC)cc3)C4=O)c2c1. The molecule has 0 saturated heterocycles. The van der Waals surface area contributed by atoms with Gasteiger partial charge in [0.1, 0.15) is 39.9 Å². The molecule has 3 aromatic carbocycles. The van der Waals surface area contributed by atoms with Crippen LogP contribution in [0.5, 0.6) is 23.0 Å². The van der Waals surface area contributed by atoms with Crippen LogP contribution in [-0.2, 0) is 0 Å². The number of benzene rings is 3. The second-order valence-electron chi connectivity index (χ2n) is 7.88. The number of allylic oxidation sites excluding steroid dienone is 1. The Balaban J connectivity index is 1.38. The summed E-state index contributed by atoms with van der Waals surface area (Å²) in [6.45, 7) is 4.10. The van der Waals surface area contributed by atoms with E-state index >= 15 is 0 Å². The first kappa shape index (κ1) is 22.3. The molecule has 0 unspecified atom stereocenters. The van der Waals surface area contributed by atoms with E-state index in [1.165, 1.54) is 6.07 Å². The van der Waals surface area contributed by atoms with Crippen molar-refractivity contribution < 1.29 is 33.0 Å². The maximum absolute atomic E-state index is 13.0. The molecule has 0 bridgehead atoms. The lowest BCUT2D eigenvalue weighted by molar-refractivity contribution is 0.0734. The van der Waals surface area contributed by atoms with Gasteiger partial charge in [0.15, 0.2) is 5.76 Å². The van der Waals surface area contributed by atoms with E-state index < -0.39 is 5.97 Å². The molecule has 7 nitrogen and oxygen atoms in total. The lowest BCUT2D eigenvalue weighted by Gasteiger charge is -2.06. The predicted molar refractivity (Wildman–Crippen MR) is 129 cm³/mol. The highest BCUT2D eigenvalue weighted by molar-refractivity contribution is 6.14. The fourth-order valence-corrected chi connectivity index (χ4v) is 3.95. The summed E-state index contributed by atoms with van der Waals surface area (Å²) < 4.78 is 27.8. The molecular weight excluding hydrogens is 448 g/mol. The Morgan fingerprint density at radius 1 is 0.971 bits per heavy atom. The Bertz CT molecular complexity index is 1480. The molecule has 4 aromatic rings. The molecule has 1 aromatic heterocycles. The summed E-state index contributed by atoms with van der Waals surface area (Å²) in [5, 5.41) is 0.607. The molecular formula is C28H22O7. The van der Waals surface area contributed by atoms with Gasteiger partial charge in [-0.25, -0.2) is 4.79 Å². The number of Topliss-reactive ketones (excluding diaryl/α,β-unsaturated/α-hetero) is 1. The fraction of sp³-hybridized carbons (Fsp3) is 0.143. The van der Waals surface area contributed by atoms with Gasteiger partial charge in [0.2, 0.25) is 5.78 Å². The molecule has 0 spiro atoms. The summed E-state index contributed by atoms with van der Waals surface area (Å²) in [6.07, 6.45) is 1.66. The van der Waals surface area contributed by atoms with Gasteiger partial charge in [0, 0.05) is 11.5 Å². The lowest BCUT2D eigenvalue weighted by atomic mass is 10.1. The van der Waals surface area contributed by atoms with E-state index in [0.717, 1.165) is 11.3 Å². The number of carbonyl (C=O) groups excluding carboxylic acids is 2. The van der Waals surface area contributed by atoms with Gasteiger partial charge in [0.05, 0.1) is 19.3 Å². The van der Waals surface area contributed by atoms with Crippen molar-refractivity contribution in [2.75, 3.05) is 13.7 Å². The third kappa shape index (κ3) is 4.24. The fourth-order valence-electron chi connectivity index (χ4n) is 3.95. The number of hydrogen-bond acceptors (Lipinski definition) is 7. The van der Waals surface area contributed by atoms with Crippen LogP contribution in [0.3, 0.4) is 0 Å². The first-order valence-corrected chi connectivity index (χ1v) is 11.1. The number of furan rings is 1. The number of ether oxygens (including phenoxy) is 4. The van der Waals surface area contributed by atoms with Crippen molar-refractivity contribution in [2.24, 2.45) is 0 Å². The number of ketones is 1. The summed E-state index contributed by atoms with van der Waals surface area (Å²) in [4.78, 5) is 25.8. The Labute approximate surface area is 201 Å². The predicted octanol–water partition coefficient (Wildman–Crippen LogP) is 5.98. The Morgan fingerprint density at radius 2 is 1.71 bits per heavy atom. The molecule has 0 atom stereocenters. The van der Waals surface area contributed by atoms with Crippen molar-refractivity contribution >= 4 is 28.8 Å². The van der Waals surface area contributed by atoms with Crippen molar-refractivity contribution in [1.29, 1.82) is 0 Å². The minimum absolute atomic E-state index is 0.189. The number of carbonyl (C=O) groups is 2. The Hall–Kier alpha value is -4.52. The van der Waals surface area contributed by atoms with E-state index in [1.54, 1.807) is 62.6 Å². The van der Waals surface area contributed by atoms with Gasteiger partial charge in [-0.2, -0.15) is 0 Å². The van der Waals surface area contributed by atoms with Gasteiger partial charge < -0.3 is 23.4 Å². The lowest BCUT2D eigenvalue weighted by Crippen LogP contribution is -2.09. The molecule has 2 heterocycles. The molecule has 0 amide bonds. The molecule has 1 aliphatic heterocycles. The minimum atomic E-state index is -0.576. The average molecular weight is 470 g/mol. The zero-order valence-corrected chi connectivity index (χ0v) is 19.4. The molecule has 0 radical (unpaired) electrons. The summed E-state index contributed by atoms with van der Waals surface area (Å²) in [7, 11) is 1.59. The smallest absolute Gasteiger partial charge is 0.347 e. The minimum Gasteiger partial charge on any atom is -0.497 e. The highest BCUT2D eigenvalue weighted by Gasteiger charge is 2.28. The number of esters is 1. The number of fused-ring (bicyclic) bond motifs is 2. The number of methoxy groups -OCH3 is 1. The summed E-state index contributed by atoms with van der Waals surface area (Å²) in [6, 6.07) is 17.2. The maximum Gasteiger partial charge on any atom is 0.347 e. The largest absolute Gasteiger partial charge is 0.497 e. The molecule has 7 heteroatoms. The molecule has 176 valence electrons. The van der Waals surface area contributed by atoms with Gasteiger partial charge in [-0.15, -0.1) is 0 Å². The van der Waals surface area contributed by atoms with Crippen LogP contribution in [0.15, 0.2) is 70.8 Å². The standard InChI is InChI=1S/C28H22O7/c1-4-32-19-10-12-23-22(14-19)26(16(2)33-23)28(30)34-20-9-11-21-24(15-20)35-25(27(21)29)13-17-5-7-18(31-3)8-6-17/h5-15H,4H2,1-3H3/b25-13-.